The van der Waals surface area contributed by atoms with Crippen LogP contribution in [0.2, 0.25) is 0 Å². The number of methoxy groups -OCH3 is 1. The normalized spacial score (nSPS) is 12.2. The van der Waals surface area contributed by atoms with E-state index < -0.39 is 18.0 Å². The van der Waals surface area contributed by atoms with Crippen LogP contribution in [0.4, 0.5) is 4.79 Å². The van der Waals surface area contributed by atoms with Crippen LogP contribution in [0.3, 0.4) is 0 Å². The van der Waals surface area contributed by atoms with Gasteiger partial charge in [0.1, 0.15) is 12.4 Å². The maximum atomic E-state index is 11.8. The summed E-state index contributed by atoms with van der Waals surface area (Å²) in [6, 6.07) is 16.5. The molecule has 0 aliphatic heterocycles. The summed E-state index contributed by atoms with van der Waals surface area (Å²) in [5.41, 5.74) is 7.46. The van der Waals surface area contributed by atoms with E-state index in [9.17, 15) is 9.59 Å². The maximum absolute atomic E-state index is 11.8. The summed E-state index contributed by atoms with van der Waals surface area (Å²) in [6.45, 7) is 2.58. The quantitative estimate of drug-likeness (QED) is 0.470. The van der Waals surface area contributed by atoms with E-state index in [-0.39, 0.29) is 25.1 Å². The Kier molecular flexibility index (Phi) is 11.3. The molecule has 2 aromatic carbocycles. The Balaban J connectivity index is 0.00000450. The second-order valence-corrected chi connectivity index (χ2v) is 6.75. The summed E-state index contributed by atoms with van der Waals surface area (Å²) in [5.74, 6) is 0.330. The number of carbonyl (C=O) groups is 2. The first-order valence-corrected chi connectivity index (χ1v) is 9.63. The number of carbonyl (C=O) groups excluding carboxylic acids is 2. The van der Waals surface area contributed by atoms with Gasteiger partial charge in [0.25, 0.3) is 0 Å². The van der Waals surface area contributed by atoms with Gasteiger partial charge >= 0.3 is 6.09 Å². The highest BCUT2D eigenvalue weighted by Gasteiger charge is 2.18. The number of benzene rings is 2. The number of halogens is 1. The zero-order valence-corrected chi connectivity index (χ0v) is 18.1. The Morgan fingerprint density at radius 3 is 2.50 bits per heavy atom. The molecule has 4 N–H and O–H groups in total. The van der Waals surface area contributed by atoms with Crippen molar-refractivity contribution in [1.82, 2.24) is 10.6 Å². The lowest BCUT2D eigenvalue weighted by atomic mass is 10.0. The molecule has 0 saturated heterocycles. The van der Waals surface area contributed by atoms with Gasteiger partial charge in [-0.3, -0.25) is 10.1 Å². The molecule has 0 unspecified atom stereocenters. The molecule has 2 aromatic rings. The van der Waals surface area contributed by atoms with E-state index in [2.05, 4.69) is 10.6 Å². The number of primary amides is 1. The minimum absolute atomic E-state index is 0. The largest absolute Gasteiger partial charge is 0.497 e. The van der Waals surface area contributed by atoms with E-state index in [1.54, 1.807) is 7.11 Å². The highest BCUT2D eigenvalue weighted by Crippen LogP contribution is 2.19. The van der Waals surface area contributed by atoms with E-state index in [4.69, 9.17) is 15.2 Å². The Morgan fingerprint density at radius 2 is 1.83 bits per heavy atom. The predicted octanol–water partition coefficient (Wildman–Crippen LogP) is 3.33. The van der Waals surface area contributed by atoms with Crippen molar-refractivity contribution in [3.05, 3.63) is 65.7 Å². The van der Waals surface area contributed by atoms with Gasteiger partial charge in [0.05, 0.1) is 13.2 Å². The van der Waals surface area contributed by atoms with Gasteiger partial charge in [-0.25, -0.2) is 4.79 Å². The molecular weight excluding hydrogens is 406 g/mol. The molecule has 2 amide bonds. The predicted molar refractivity (Wildman–Crippen MR) is 119 cm³/mol. The fourth-order valence-corrected chi connectivity index (χ4v) is 2.89. The summed E-state index contributed by atoms with van der Waals surface area (Å²) in [7, 11) is 1.61. The van der Waals surface area contributed by atoms with Crippen LogP contribution >= 0.6 is 12.4 Å². The van der Waals surface area contributed by atoms with Crippen LogP contribution < -0.4 is 21.1 Å². The molecule has 0 saturated carbocycles. The monoisotopic (exact) mass is 435 g/mol. The Bertz CT molecular complexity index is 789. The highest BCUT2D eigenvalue weighted by molar-refractivity contribution is 5.85. The topological polar surface area (TPSA) is 103 Å². The number of hydrogen-bond acceptors (Lipinski definition) is 5. The van der Waals surface area contributed by atoms with Crippen LogP contribution in [0.1, 0.15) is 36.9 Å². The summed E-state index contributed by atoms with van der Waals surface area (Å²) in [4.78, 5) is 23.6. The number of alkyl carbamates (subject to hydrolysis) is 1. The van der Waals surface area contributed by atoms with Crippen LogP contribution in [0.15, 0.2) is 54.6 Å². The minimum Gasteiger partial charge on any atom is -0.497 e. The molecule has 0 fully saturated rings. The lowest BCUT2D eigenvalue weighted by Crippen LogP contribution is -2.43. The molecule has 0 bridgehead atoms. The van der Waals surface area contributed by atoms with Crippen LogP contribution in [0, 0.1) is 0 Å². The van der Waals surface area contributed by atoms with Crippen LogP contribution in [-0.4, -0.2) is 31.7 Å². The fourth-order valence-electron chi connectivity index (χ4n) is 2.89. The summed E-state index contributed by atoms with van der Waals surface area (Å²) >= 11 is 0. The van der Waals surface area contributed by atoms with E-state index in [1.807, 2.05) is 61.5 Å². The van der Waals surface area contributed by atoms with Gasteiger partial charge in [-0.2, -0.15) is 0 Å². The fraction of sp³-hybridized carbons (Fsp3) is 0.364. The first-order valence-electron chi connectivity index (χ1n) is 9.63. The molecule has 7 nitrogen and oxygen atoms in total. The van der Waals surface area contributed by atoms with Crippen molar-refractivity contribution >= 4 is 24.4 Å². The van der Waals surface area contributed by atoms with Gasteiger partial charge in [0.15, 0.2) is 0 Å². The lowest BCUT2D eigenvalue weighted by molar-refractivity contribution is -0.120. The number of amides is 2. The molecule has 8 heteroatoms. The van der Waals surface area contributed by atoms with E-state index in [0.717, 1.165) is 16.9 Å². The van der Waals surface area contributed by atoms with Crippen molar-refractivity contribution in [3.63, 3.8) is 0 Å². The van der Waals surface area contributed by atoms with Gasteiger partial charge in [-0.15, -0.1) is 12.4 Å². The number of ether oxygens (including phenoxy) is 2. The van der Waals surface area contributed by atoms with Crippen LogP contribution in [0.25, 0.3) is 0 Å². The Hall–Kier alpha value is -2.77. The molecule has 164 valence electrons. The molecule has 0 radical (unpaired) electrons. The third-order valence-electron chi connectivity index (χ3n) is 4.54. The molecule has 0 spiro atoms. The average molecular weight is 436 g/mol. The molecule has 0 aliphatic rings. The summed E-state index contributed by atoms with van der Waals surface area (Å²) in [6.07, 6.45) is 0.608. The first kappa shape index (κ1) is 25.3. The molecule has 30 heavy (non-hydrogen) atoms. The number of nitrogens with one attached hydrogen (secondary N) is 2. The Labute approximate surface area is 183 Å². The van der Waals surface area contributed by atoms with Gasteiger partial charge < -0.3 is 20.5 Å². The SMILES string of the molecule is COc1cccc([C@@H](C)N[C@H](CCCNC(=O)OCc2ccccc2)C(N)=O)c1.Cl. The van der Waals surface area contributed by atoms with Crippen LogP contribution in [-0.2, 0) is 16.1 Å². The summed E-state index contributed by atoms with van der Waals surface area (Å²) in [5, 5.41) is 5.93. The van der Waals surface area contributed by atoms with Gasteiger partial charge in [0.2, 0.25) is 5.91 Å². The molecule has 0 heterocycles. The van der Waals surface area contributed by atoms with Crippen molar-refractivity contribution in [2.24, 2.45) is 5.73 Å². The van der Waals surface area contributed by atoms with Gasteiger partial charge in [-0.1, -0.05) is 42.5 Å². The second-order valence-electron chi connectivity index (χ2n) is 6.75. The zero-order valence-electron chi connectivity index (χ0n) is 17.3. The van der Waals surface area contributed by atoms with Crippen molar-refractivity contribution in [2.75, 3.05) is 13.7 Å². The lowest BCUT2D eigenvalue weighted by Gasteiger charge is -2.21. The van der Waals surface area contributed by atoms with E-state index in [0.29, 0.717) is 19.4 Å². The highest BCUT2D eigenvalue weighted by atomic mass is 35.5. The zero-order chi connectivity index (χ0) is 21.1. The third-order valence-corrected chi connectivity index (χ3v) is 4.54. The molecular formula is C22H30ClN3O4. The van der Waals surface area contributed by atoms with Crippen molar-refractivity contribution < 1.29 is 19.1 Å². The smallest absolute Gasteiger partial charge is 0.407 e. The van der Waals surface area contributed by atoms with Crippen molar-refractivity contribution in [3.8, 4) is 5.75 Å². The Morgan fingerprint density at radius 1 is 1.10 bits per heavy atom. The number of nitrogens with two attached hydrogens (primary N) is 1. The number of rotatable bonds is 11. The standard InChI is InChI=1S/C22H29N3O4.ClH/c1-16(18-10-6-11-19(14-18)28-2)25-20(21(23)26)12-7-13-24-22(27)29-15-17-8-4-3-5-9-17;/h3-6,8-11,14,16,20,25H,7,12-13,15H2,1-2H3,(H2,23,26)(H,24,27);1H/t16-,20-;/m1./s1. The van der Waals surface area contributed by atoms with Crippen LogP contribution in [0.5, 0.6) is 5.75 Å². The third kappa shape index (κ3) is 8.71. The molecule has 0 aliphatic carbocycles. The first-order chi connectivity index (χ1) is 14.0. The maximum Gasteiger partial charge on any atom is 0.407 e. The second kappa shape index (κ2) is 13.5. The van der Waals surface area contributed by atoms with Crippen molar-refractivity contribution in [1.29, 1.82) is 0 Å². The minimum atomic E-state index is -0.502. The molecule has 2 rings (SSSR count). The molecule has 2 atom stereocenters. The summed E-state index contributed by atoms with van der Waals surface area (Å²) < 4.78 is 10.4. The van der Waals surface area contributed by atoms with E-state index in [1.165, 1.54) is 0 Å². The molecule has 0 aromatic heterocycles. The van der Waals surface area contributed by atoms with E-state index >= 15 is 0 Å². The van der Waals surface area contributed by atoms with Gasteiger partial charge in [0, 0.05) is 12.6 Å². The van der Waals surface area contributed by atoms with Crippen molar-refractivity contribution in [2.45, 2.75) is 38.5 Å². The number of hydrogen-bond donors (Lipinski definition) is 3. The average Bonchev–Trinajstić information content (AvgIpc) is 2.74. The van der Waals surface area contributed by atoms with Gasteiger partial charge in [-0.05, 0) is 43.0 Å².